The minimum atomic E-state index is -0.479. The van der Waals surface area contributed by atoms with Crippen LogP contribution in [0.4, 0.5) is 5.69 Å². The van der Waals surface area contributed by atoms with Gasteiger partial charge in [0.05, 0.1) is 38.2 Å². The van der Waals surface area contributed by atoms with E-state index in [1.165, 1.54) is 24.3 Å². The van der Waals surface area contributed by atoms with Gasteiger partial charge in [-0.1, -0.05) is 0 Å². The SMILES string of the molecule is CC[N+](C)(CC)CCNC(=O)c1ccc([N+](=O)[O-])cc1. The fourth-order valence-corrected chi connectivity index (χ4v) is 1.82. The van der Waals surface area contributed by atoms with E-state index in [1.807, 2.05) is 0 Å². The van der Waals surface area contributed by atoms with Gasteiger partial charge in [-0.3, -0.25) is 14.9 Å². The molecular formula is C14H22N3O3+. The lowest BCUT2D eigenvalue weighted by atomic mass is 10.2. The molecule has 0 aliphatic rings. The van der Waals surface area contributed by atoms with E-state index in [1.54, 1.807) is 0 Å². The Kier molecular flexibility index (Phi) is 5.64. The molecule has 0 saturated carbocycles. The van der Waals surface area contributed by atoms with Crippen molar-refractivity contribution in [2.45, 2.75) is 13.8 Å². The Morgan fingerprint density at radius 2 is 1.80 bits per heavy atom. The Morgan fingerprint density at radius 1 is 1.25 bits per heavy atom. The fraction of sp³-hybridized carbons (Fsp3) is 0.500. The standard InChI is InChI=1S/C14H21N3O3/c1-4-17(3,5-2)11-10-15-14(18)12-6-8-13(9-7-12)16(19)20/h6-9H,4-5,10-11H2,1-3H3/p+1. The lowest BCUT2D eigenvalue weighted by Gasteiger charge is -2.32. The van der Waals surface area contributed by atoms with Gasteiger partial charge in [-0.05, 0) is 26.0 Å². The number of carbonyl (C=O) groups is 1. The molecule has 0 radical (unpaired) electrons. The summed E-state index contributed by atoms with van der Waals surface area (Å²) in [5.74, 6) is -0.196. The Morgan fingerprint density at radius 3 is 2.25 bits per heavy atom. The van der Waals surface area contributed by atoms with Crippen LogP contribution >= 0.6 is 0 Å². The second kappa shape index (κ2) is 7.00. The highest BCUT2D eigenvalue weighted by Gasteiger charge is 2.16. The van der Waals surface area contributed by atoms with Crippen LogP contribution in [0.5, 0.6) is 0 Å². The first kappa shape index (κ1) is 16.1. The quantitative estimate of drug-likeness (QED) is 0.470. The van der Waals surface area contributed by atoms with Gasteiger partial charge >= 0.3 is 0 Å². The van der Waals surface area contributed by atoms with Gasteiger partial charge in [0, 0.05) is 17.7 Å². The molecule has 0 fully saturated rings. The third-order valence-electron chi connectivity index (χ3n) is 3.80. The Balaban J connectivity index is 2.53. The molecule has 0 bridgehead atoms. The molecule has 0 aliphatic heterocycles. The van der Waals surface area contributed by atoms with Crippen LogP contribution in [0.15, 0.2) is 24.3 Å². The number of hydrogen-bond donors (Lipinski definition) is 1. The fourth-order valence-electron chi connectivity index (χ4n) is 1.82. The number of benzene rings is 1. The summed E-state index contributed by atoms with van der Waals surface area (Å²) in [7, 11) is 2.15. The molecule has 0 atom stereocenters. The zero-order chi connectivity index (χ0) is 15.2. The molecule has 6 nitrogen and oxygen atoms in total. The van der Waals surface area contributed by atoms with Crippen molar-refractivity contribution in [1.29, 1.82) is 0 Å². The monoisotopic (exact) mass is 280 g/mol. The van der Waals surface area contributed by atoms with Gasteiger partial charge in [0.1, 0.15) is 0 Å². The van der Waals surface area contributed by atoms with Gasteiger partial charge in [0.2, 0.25) is 0 Å². The van der Waals surface area contributed by atoms with Gasteiger partial charge in [-0.2, -0.15) is 0 Å². The summed E-state index contributed by atoms with van der Waals surface area (Å²) in [4.78, 5) is 22.0. The second-order valence-electron chi connectivity index (χ2n) is 5.04. The molecule has 0 saturated heterocycles. The van der Waals surface area contributed by atoms with Gasteiger partial charge in [0.15, 0.2) is 0 Å². The maximum atomic E-state index is 11.9. The van der Waals surface area contributed by atoms with Gasteiger partial charge in [0.25, 0.3) is 11.6 Å². The summed E-state index contributed by atoms with van der Waals surface area (Å²) in [5, 5.41) is 13.4. The molecule has 1 amide bonds. The van der Waals surface area contributed by atoms with Crippen LogP contribution in [0, 0.1) is 10.1 Å². The van der Waals surface area contributed by atoms with Crippen LogP contribution in [0.1, 0.15) is 24.2 Å². The normalized spacial score (nSPS) is 11.2. The number of carbonyl (C=O) groups excluding carboxylic acids is 1. The van der Waals surface area contributed by atoms with E-state index in [2.05, 4.69) is 26.2 Å². The number of rotatable bonds is 7. The van der Waals surface area contributed by atoms with Crippen molar-refractivity contribution in [2.24, 2.45) is 0 Å². The van der Waals surface area contributed by atoms with E-state index in [9.17, 15) is 14.9 Å². The van der Waals surface area contributed by atoms with E-state index in [0.717, 1.165) is 24.1 Å². The zero-order valence-electron chi connectivity index (χ0n) is 12.3. The number of nitro benzene ring substituents is 1. The highest BCUT2D eigenvalue weighted by atomic mass is 16.6. The summed E-state index contributed by atoms with van der Waals surface area (Å²) in [6, 6.07) is 5.63. The summed E-state index contributed by atoms with van der Waals surface area (Å²) in [6.45, 7) is 7.75. The van der Waals surface area contributed by atoms with Gasteiger partial charge in [-0.15, -0.1) is 0 Å². The van der Waals surface area contributed by atoms with E-state index in [-0.39, 0.29) is 11.6 Å². The summed E-state index contributed by atoms with van der Waals surface area (Å²) >= 11 is 0. The average molecular weight is 280 g/mol. The summed E-state index contributed by atoms with van der Waals surface area (Å²) in [6.07, 6.45) is 0. The first-order chi connectivity index (χ1) is 9.41. The molecule has 1 aromatic rings. The molecule has 0 spiro atoms. The highest BCUT2D eigenvalue weighted by Crippen LogP contribution is 2.11. The molecule has 0 unspecified atom stereocenters. The largest absolute Gasteiger partial charge is 0.346 e. The van der Waals surface area contributed by atoms with E-state index in [0.29, 0.717) is 12.1 Å². The topological polar surface area (TPSA) is 72.2 Å². The van der Waals surface area contributed by atoms with Gasteiger partial charge < -0.3 is 9.80 Å². The molecule has 1 aromatic carbocycles. The van der Waals surface area contributed by atoms with E-state index in [4.69, 9.17) is 0 Å². The van der Waals surface area contributed by atoms with E-state index >= 15 is 0 Å². The Labute approximate surface area is 119 Å². The molecule has 110 valence electrons. The molecular weight excluding hydrogens is 258 g/mol. The Hall–Kier alpha value is -1.95. The first-order valence-electron chi connectivity index (χ1n) is 6.78. The van der Waals surface area contributed by atoms with Crippen molar-refractivity contribution in [3.63, 3.8) is 0 Å². The van der Waals surface area contributed by atoms with Crippen molar-refractivity contribution in [2.75, 3.05) is 33.2 Å². The molecule has 0 aromatic heterocycles. The first-order valence-corrected chi connectivity index (χ1v) is 6.78. The molecule has 1 N–H and O–H groups in total. The maximum absolute atomic E-state index is 11.9. The van der Waals surface area contributed by atoms with Crippen molar-refractivity contribution in [3.05, 3.63) is 39.9 Å². The number of non-ortho nitro benzene ring substituents is 1. The Bertz CT molecular complexity index is 467. The van der Waals surface area contributed by atoms with Crippen molar-refractivity contribution in [3.8, 4) is 0 Å². The van der Waals surface area contributed by atoms with Crippen LogP contribution in [0.25, 0.3) is 0 Å². The maximum Gasteiger partial charge on any atom is 0.269 e. The lowest BCUT2D eigenvalue weighted by Crippen LogP contribution is -2.48. The molecule has 20 heavy (non-hydrogen) atoms. The number of nitro groups is 1. The number of likely N-dealkylation sites (N-methyl/N-ethyl adjacent to an activating group) is 1. The van der Waals surface area contributed by atoms with Crippen LogP contribution in [0.2, 0.25) is 0 Å². The number of nitrogens with one attached hydrogen (secondary N) is 1. The summed E-state index contributed by atoms with van der Waals surface area (Å²) in [5.41, 5.74) is 0.431. The minimum Gasteiger partial charge on any atom is -0.346 e. The van der Waals surface area contributed by atoms with Crippen LogP contribution in [-0.2, 0) is 0 Å². The minimum absolute atomic E-state index is 0.0113. The molecule has 0 heterocycles. The molecule has 1 rings (SSSR count). The average Bonchev–Trinajstić information content (AvgIpc) is 2.47. The number of amides is 1. The smallest absolute Gasteiger partial charge is 0.269 e. The number of hydrogen-bond acceptors (Lipinski definition) is 3. The van der Waals surface area contributed by atoms with Crippen LogP contribution in [0.3, 0.4) is 0 Å². The van der Waals surface area contributed by atoms with Crippen molar-refractivity contribution in [1.82, 2.24) is 5.32 Å². The van der Waals surface area contributed by atoms with Crippen LogP contribution in [-0.4, -0.2) is 48.5 Å². The molecule has 0 aliphatic carbocycles. The van der Waals surface area contributed by atoms with Crippen molar-refractivity contribution >= 4 is 11.6 Å². The van der Waals surface area contributed by atoms with Crippen LogP contribution < -0.4 is 5.32 Å². The summed E-state index contributed by atoms with van der Waals surface area (Å²) < 4.78 is 0.903. The molecule has 6 heteroatoms. The van der Waals surface area contributed by atoms with Gasteiger partial charge in [-0.25, -0.2) is 0 Å². The number of nitrogens with zero attached hydrogens (tertiary/aromatic N) is 2. The predicted molar refractivity (Wildman–Crippen MR) is 77.6 cm³/mol. The third-order valence-corrected chi connectivity index (χ3v) is 3.80. The second-order valence-corrected chi connectivity index (χ2v) is 5.04. The highest BCUT2D eigenvalue weighted by molar-refractivity contribution is 5.94. The zero-order valence-corrected chi connectivity index (χ0v) is 12.3. The van der Waals surface area contributed by atoms with E-state index < -0.39 is 4.92 Å². The lowest BCUT2D eigenvalue weighted by molar-refractivity contribution is -0.904. The van der Waals surface area contributed by atoms with Crippen molar-refractivity contribution < 1.29 is 14.2 Å². The third kappa shape index (κ3) is 4.31. The number of quaternary nitrogens is 1. The predicted octanol–water partition coefficient (Wildman–Crippen LogP) is 1.81.